The highest BCUT2D eigenvalue weighted by molar-refractivity contribution is 8.00. The minimum atomic E-state index is -1.72. The maximum atomic E-state index is 14.8. The van der Waals surface area contributed by atoms with E-state index in [9.17, 15) is 18.7 Å². The molecular formula is C26H25F2N5O4S2. The van der Waals surface area contributed by atoms with Gasteiger partial charge in [0.1, 0.15) is 29.9 Å². The second kappa shape index (κ2) is 11.9. The van der Waals surface area contributed by atoms with Gasteiger partial charge in [-0.2, -0.15) is 5.10 Å². The molecule has 0 radical (unpaired) electrons. The van der Waals surface area contributed by atoms with Crippen LogP contribution in [0.2, 0.25) is 0 Å². The van der Waals surface area contributed by atoms with Gasteiger partial charge in [0.15, 0.2) is 11.4 Å². The highest BCUT2D eigenvalue weighted by atomic mass is 32.2. The maximum Gasteiger partial charge on any atom is 0.257 e. The van der Waals surface area contributed by atoms with Crippen molar-refractivity contribution >= 4 is 34.1 Å². The van der Waals surface area contributed by atoms with Crippen molar-refractivity contribution in [1.82, 2.24) is 19.7 Å². The van der Waals surface area contributed by atoms with E-state index < -0.39 is 28.8 Å². The molecule has 4 aromatic rings. The van der Waals surface area contributed by atoms with Crippen LogP contribution in [0.5, 0.6) is 0 Å². The molecule has 2 atom stereocenters. The Labute approximate surface area is 231 Å². The average Bonchev–Trinajstić information content (AvgIpc) is 3.63. The van der Waals surface area contributed by atoms with Gasteiger partial charge in [-0.05, 0) is 18.2 Å². The van der Waals surface area contributed by atoms with Crippen LogP contribution >= 0.6 is 23.1 Å². The van der Waals surface area contributed by atoms with Gasteiger partial charge in [0, 0.05) is 39.6 Å². The Hall–Kier alpha value is -3.23. The lowest BCUT2D eigenvalue weighted by atomic mass is 9.90. The van der Waals surface area contributed by atoms with Gasteiger partial charge in [0.2, 0.25) is 0 Å². The number of halogens is 2. The maximum absolute atomic E-state index is 14.8. The van der Waals surface area contributed by atoms with Crippen molar-refractivity contribution in [1.29, 1.82) is 0 Å². The van der Waals surface area contributed by atoms with Crippen LogP contribution in [0.4, 0.5) is 13.9 Å². The molecule has 39 heavy (non-hydrogen) atoms. The molecule has 0 bridgehead atoms. The van der Waals surface area contributed by atoms with Crippen LogP contribution in [0.3, 0.4) is 0 Å². The number of ether oxygens (including phenoxy) is 2. The topological polar surface area (TPSA) is 111 Å². The van der Waals surface area contributed by atoms with E-state index in [-0.39, 0.29) is 23.3 Å². The number of hydrogen-bond donors (Lipinski definition) is 2. The summed E-state index contributed by atoms with van der Waals surface area (Å²) in [6.45, 7) is 2.32. The van der Waals surface area contributed by atoms with Crippen molar-refractivity contribution in [2.45, 2.75) is 35.9 Å². The second-order valence-electron chi connectivity index (χ2n) is 8.95. The number of nitrogens with one attached hydrogen (secondary N) is 1. The van der Waals surface area contributed by atoms with E-state index in [1.54, 1.807) is 42.8 Å². The lowest BCUT2D eigenvalue weighted by Gasteiger charge is -2.37. The summed E-state index contributed by atoms with van der Waals surface area (Å²) < 4.78 is 41.7. The van der Waals surface area contributed by atoms with Gasteiger partial charge in [0.05, 0.1) is 25.0 Å². The molecule has 5 rings (SSSR count). The number of aromatic nitrogens is 4. The smallest absolute Gasteiger partial charge is 0.257 e. The van der Waals surface area contributed by atoms with Crippen molar-refractivity contribution in [3.05, 3.63) is 95.0 Å². The Morgan fingerprint density at radius 1 is 1.26 bits per heavy atom. The molecule has 0 saturated carbocycles. The Morgan fingerprint density at radius 3 is 2.67 bits per heavy atom. The Balaban J connectivity index is 1.21. The molecule has 3 heterocycles. The number of anilines is 1. The van der Waals surface area contributed by atoms with Gasteiger partial charge in [-0.1, -0.05) is 25.1 Å². The third kappa shape index (κ3) is 6.34. The molecule has 9 nitrogen and oxygen atoms in total. The first-order chi connectivity index (χ1) is 18.8. The normalized spacial score (nSPS) is 19.8. The summed E-state index contributed by atoms with van der Waals surface area (Å²) in [5, 5.41) is 20.1. The van der Waals surface area contributed by atoms with E-state index in [1.165, 1.54) is 46.5 Å². The Morgan fingerprint density at radius 2 is 2.03 bits per heavy atom. The van der Waals surface area contributed by atoms with Gasteiger partial charge in [-0.15, -0.1) is 23.1 Å². The van der Waals surface area contributed by atoms with Crippen molar-refractivity contribution in [3.8, 4) is 0 Å². The number of thiazole rings is 1. The summed E-state index contributed by atoms with van der Waals surface area (Å²) in [6.07, 6.45) is 3.75. The number of benzene rings is 2. The molecule has 0 unspecified atom stereocenters. The number of thioether (sulfide) groups is 1. The van der Waals surface area contributed by atoms with Crippen LogP contribution in [0.25, 0.3) is 0 Å². The fourth-order valence-corrected chi connectivity index (χ4v) is 6.08. The van der Waals surface area contributed by atoms with Crippen LogP contribution in [0.1, 0.15) is 34.7 Å². The highest BCUT2D eigenvalue weighted by Crippen LogP contribution is 2.39. The molecule has 2 aromatic heterocycles. The zero-order chi connectivity index (χ0) is 27.4. The van der Waals surface area contributed by atoms with Gasteiger partial charge >= 0.3 is 0 Å². The second-order valence-corrected chi connectivity index (χ2v) is 11.5. The number of carbonyl (C=O) groups is 1. The monoisotopic (exact) mass is 573 g/mol. The Bertz CT molecular complexity index is 1380. The van der Waals surface area contributed by atoms with Crippen LogP contribution in [-0.4, -0.2) is 54.5 Å². The minimum Gasteiger partial charge on any atom is -0.382 e. The summed E-state index contributed by atoms with van der Waals surface area (Å²) in [6, 6.07) is 10.0. The SMILES string of the molecule is C[C@@H](S[C@H]1CO[C@H](c2ccc(C(=O)Nc3nccs3)cc2)OC1)[C@](O)(Cn1cncn1)c1ccc(F)cc1F. The van der Waals surface area contributed by atoms with E-state index in [2.05, 4.69) is 20.4 Å². The first-order valence-electron chi connectivity index (χ1n) is 12.0. The Kier molecular flexibility index (Phi) is 8.33. The quantitative estimate of drug-likeness (QED) is 0.303. The lowest BCUT2D eigenvalue weighted by Crippen LogP contribution is -2.43. The van der Waals surface area contributed by atoms with Crippen LogP contribution in [-0.2, 0) is 21.6 Å². The standard InChI is InChI=1S/C26H25F2N5O4S2/c1-16(26(35,13-33-15-29-14-31-33)21-7-6-19(27)10-22(21)28)39-20-11-36-24(37-12-20)18-4-2-17(3-5-18)23(34)32-25-30-8-9-38-25/h2-10,14-16,20,24,35H,11-13H2,1H3,(H,30,32,34)/t16-,20-,24-,26-/m1/s1. The predicted molar refractivity (Wildman–Crippen MR) is 142 cm³/mol. The van der Waals surface area contributed by atoms with Gasteiger partial charge in [0.25, 0.3) is 5.91 Å². The summed E-state index contributed by atoms with van der Waals surface area (Å²) >= 11 is 2.72. The molecule has 1 fully saturated rings. The zero-order valence-corrected chi connectivity index (χ0v) is 22.4. The highest BCUT2D eigenvalue weighted by Gasteiger charge is 2.41. The molecule has 1 aliphatic rings. The van der Waals surface area contributed by atoms with Gasteiger partial charge < -0.3 is 14.6 Å². The van der Waals surface area contributed by atoms with Gasteiger partial charge in [-0.25, -0.2) is 23.4 Å². The van der Waals surface area contributed by atoms with E-state index in [0.717, 1.165) is 17.7 Å². The van der Waals surface area contributed by atoms with Crippen molar-refractivity contribution in [2.24, 2.45) is 0 Å². The number of aliphatic hydroxyl groups is 1. The van der Waals surface area contributed by atoms with Crippen molar-refractivity contribution in [2.75, 3.05) is 18.5 Å². The molecule has 0 aliphatic carbocycles. The summed E-state index contributed by atoms with van der Waals surface area (Å²) in [4.78, 5) is 20.3. The predicted octanol–water partition coefficient (Wildman–Crippen LogP) is 4.39. The molecule has 1 aliphatic heterocycles. The zero-order valence-electron chi connectivity index (χ0n) is 20.7. The number of amides is 1. The molecule has 0 spiro atoms. The third-order valence-electron chi connectivity index (χ3n) is 6.30. The van der Waals surface area contributed by atoms with Crippen molar-refractivity contribution < 1.29 is 28.2 Å². The first kappa shape index (κ1) is 27.3. The van der Waals surface area contributed by atoms with E-state index in [4.69, 9.17) is 9.47 Å². The van der Waals surface area contributed by atoms with E-state index in [0.29, 0.717) is 23.9 Å². The number of carbonyl (C=O) groups excluding carboxylic acids is 1. The van der Waals surface area contributed by atoms with E-state index in [1.807, 2.05) is 0 Å². The fraction of sp³-hybridized carbons (Fsp3) is 0.308. The number of nitrogens with zero attached hydrogens (tertiary/aromatic N) is 4. The molecule has 204 valence electrons. The van der Waals surface area contributed by atoms with Crippen LogP contribution in [0.15, 0.2) is 66.7 Å². The summed E-state index contributed by atoms with van der Waals surface area (Å²) in [5.41, 5.74) is -0.517. The molecule has 2 aromatic carbocycles. The summed E-state index contributed by atoms with van der Waals surface area (Å²) in [7, 11) is 0. The molecule has 13 heteroatoms. The van der Waals surface area contributed by atoms with E-state index >= 15 is 0 Å². The summed E-state index contributed by atoms with van der Waals surface area (Å²) in [5.74, 6) is -1.83. The fourth-order valence-electron chi connectivity index (χ4n) is 4.24. The number of hydrogen-bond acceptors (Lipinski definition) is 9. The molecule has 2 N–H and O–H groups in total. The molecule has 1 amide bonds. The molecular weight excluding hydrogens is 548 g/mol. The van der Waals surface area contributed by atoms with Gasteiger partial charge in [-0.3, -0.25) is 10.1 Å². The largest absolute Gasteiger partial charge is 0.382 e. The van der Waals surface area contributed by atoms with Crippen LogP contribution < -0.4 is 5.32 Å². The number of rotatable bonds is 9. The average molecular weight is 574 g/mol. The third-order valence-corrected chi connectivity index (χ3v) is 8.44. The van der Waals surface area contributed by atoms with Crippen LogP contribution in [0, 0.1) is 11.6 Å². The minimum absolute atomic E-state index is 0.0334. The molecule has 1 saturated heterocycles. The first-order valence-corrected chi connectivity index (χ1v) is 13.8. The lowest BCUT2D eigenvalue weighted by molar-refractivity contribution is -0.180. The van der Waals surface area contributed by atoms with Crippen molar-refractivity contribution in [3.63, 3.8) is 0 Å².